The number of rotatable bonds is 5. The number of esters is 1. The molecule has 0 heterocycles. The SMILES string of the molecule is CC(C)Oc1ccc(C(=O)Oc2ccc(-c3ccccc3)cc2Br)cc1. The van der Waals surface area contributed by atoms with Gasteiger partial charge in [-0.25, -0.2) is 4.79 Å². The van der Waals surface area contributed by atoms with Crippen molar-refractivity contribution in [3.8, 4) is 22.6 Å². The summed E-state index contributed by atoms with van der Waals surface area (Å²) in [6.45, 7) is 3.91. The van der Waals surface area contributed by atoms with Crippen LogP contribution in [0.2, 0.25) is 0 Å². The largest absolute Gasteiger partial charge is 0.491 e. The van der Waals surface area contributed by atoms with Gasteiger partial charge in [0.05, 0.1) is 16.1 Å². The highest BCUT2D eigenvalue weighted by Gasteiger charge is 2.12. The molecule has 4 heteroatoms. The summed E-state index contributed by atoms with van der Waals surface area (Å²) < 4.78 is 11.8. The number of carbonyl (C=O) groups is 1. The van der Waals surface area contributed by atoms with Crippen LogP contribution < -0.4 is 9.47 Å². The molecule has 0 amide bonds. The van der Waals surface area contributed by atoms with E-state index in [9.17, 15) is 4.79 Å². The summed E-state index contributed by atoms with van der Waals surface area (Å²) >= 11 is 3.49. The Balaban J connectivity index is 1.73. The number of halogens is 1. The average Bonchev–Trinajstić information content (AvgIpc) is 2.64. The van der Waals surface area contributed by atoms with Crippen molar-refractivity contribution in [1.29, 1.82) is 0 Å². The van der Waals surface area contributed by atoms with Gasteiger partial charge in [0.15, 0.2) is 0 Å². The lowest BCUT2D eigenvalue weighted by atomic mass is 10.1. The molecule has 0 radical (unpaired) electrons. The maximum Gasteiger partial charge on any atom is 0.343 e. The molecule has 3 rings (SSSR count). The predicted molar refractivity (Wildman–Crippen MR) is 107 cm³/mol. The Morgan fingerprint density at radius 1 is 0.885 bits per heavy atom. The topological polar surface area (TPSA) is 35.5 Å². The Bertz CT molecular complexity index is 887. The highest BCUT2D eigenvalue weighted by molar-refractivity contribution is 9.10. The van der Waals surface area contributed by atoms with Crippen LogP contribution in [0.15, 0.2) is 77.3 Å². The second kappa shape index (κ2) is 8.19. The van der Waals surface area contributed by atoms with E-state index in [4.69, 9.17) is 9.47 Å². The second-order valence-corrected chi connectivity index (χ2v) is 6.95. The maximum absolute atomic E-state index is 12.4. The molecule has 0 aliphatic carbocycles. The third-order valence-electron chi connectivity index (χ3n) is 3.70. The fourth-order valence-electron chi connectivity index (χ4n) is 2.49. The number of carbonyl (C=O) groups excluding carboxylic acids is 1. The van der Waals surface area contributed by atoms with Crippen LogP contribution in [-0.4, -0.2) is 12.1 Å². The smallest absolute Gasteiger partial charge is 0.343 e. The number of hydrogen-bond donors (Lipinski definition) is 0. The normalized spacial score (nSPS) is 10.6. The molecular weight excluding hydrogens is 392 g/mol. The molecule has 0 N–H and O–H groups in total. The molecule has 0 spiro atoms. The van der Waals surface area contributed by atoms with Gasteiger partial charge in [-0.1, -0.05) is 36.4 Å². The summed E-state index contributed by atoms with van der Waals surface area (Å²) in [5.74, 6) is 0.802. The van der Waals surface area contributed by atoms with Crippen LogP contribution in [0.4, 0.5) is 0 Å². The van der Waals surface area contributed by atoms with Gasteiger partial charge in [0.2, 0.25) is 0 Å². The van der Waals surface area contributed by atoms with Crippen LogP contribution >= 0.6 is 15.9 Å². The number of benzene rings is 3. The lowest BCUT2D eigenvalue weighted by molar-refractivity contribution is 0.0733. The van der Waals surface area contributed by atoms with Crippen LogP contribution in [0.25, 0.3) is 11.1 Å². The van der Waals surface area contributed by atoms with Crippen molar-refractivity contribution in [2.45, 2.75) is 20.0 Å². The molecule has 0 fully saturated rings. The van der Waals surface area contributed by atoms with Gasteiger partial charge in [0, 0.05) is 0 Å². The molecule has 0 unspecified atom stereocenters. The predicted octanol–water partition coefficient (Wildman–Crippen LogP) is 6.12. The zero-order valence-electron chi connectivity index (χ0n) is 14.6. The highest BCUT2D eigenvalue weighted by atomic mass is 79.9. The van der Waals surface area contributed by atoms with Crippen molar-refractivity contribution in [3.63, 3.8) is 0 Å². The first-order chi connectivity index (χ1) is 12.5. The van der Waals surface area contributed by atoms with Gasteiger partial charge in [-0.05, 0) is 77.3 Å². The Morgan fingerprint density at radius 2 is 1.58 bits per heavy atom. The molecule has 3 aromatic rings. The monoisotopic (exact) mass is 410 g/mol. The zero-order valence-corrected chi connectivity index (χ0v) is 16.2. The Labute approximate surface area is 161 Å². The molecule has 0 bridgehead atoms. The molecule has 26 heavy (non-hydrogen) atoms. The third kappa shape index (κ3) is 4.52. The van der Waals surface area contributed by atoms with Crippen molar-refractivity contribution < 1.29 is 14.3 Å². The van der Waals surface area contributed by atoms with Gasteiger partial charge in [-0.15, -0.1) is 0 Å². The first kappa shape index (κ1) is 18.2. The molecular formula is C22H19BrO3. The van der Waals surface area contributed by atoms with E-state index in [1.165, 1.54) is 0 Å². The van der Waals surface area contributed by atoms with Crippen LogP contribution in [0, 0.1) is 0 Å². The van der Waals surface area contributed by atoms with Gasteiger partial charge in [0.25, 0.3) is 0 Å². The molecule has 0 aliphatic rings. The van der Waals surface area contributed by atoms with Gasteiger partial charge in [-0.3, -0.25) is 0 Å². The molecule has 3 nitrogen and oxygen atoms in total. The van der Waals surface area contributed by atoms with Crippen molar-refractivity contribution in [2.75, 3.05) is 0 Å². The molecule has 0 saturated heterocycles. The van der Waals surface area contributed by atoms with E-state index in [0.29, 0.717) is 11.3 Å². The summed E-state index contributed by atoms with van der Waals surface area (Å²) in [6, 6.07) is 22.6. The fourth-order valence-corrected chi connectivity index (χ4v) is 2.95. The highest BCUT2D eigenvalue weighted by Crippen LogP contribution is 2.31. The minimum Gasteiger partial charge on any atom is -0.491 e. The maximum atomic E-state index is 12.4. The first-order valence-electron chi connectivity index (χ1n) is 8.37. The second-order valence-electron chi connectivity index (χ2n) is 6.09. The van der Waals surface area contributed by atoms with Crippen molar-refractivity contribution in [2.24, 2.45) is 0 Å². The van der Waals surface area contributed by atoms with E-state index in [-0.39, 0.29) is 6.10 Å². The van der Waals surface area contributed by atoms with E-state index in [2.05, 4.69) is 15.9 Å². The van der Waals surface area contributed by atoms with E-state index in [1.807, 2.05) is 56.3 Å². The number of ether oxygens (including phenoxy) is 2. The van der Waals surface area contributed by atoms with E-state index in [1.54, 1.807) is 30.3 Å². The van der Waals surface area contributed by atoms with Gasteiger partial charge in [0.1, 0.15) is 11.5 Å². The summed E-state index contributed by atoms with van der Waals surface area (Å²) in [7, 11) is 0. The minimum absolute atomic E-state index is 0.0897. The lowest BCUT2D eigenvalue weighted by Gasteiger charge is -2.11. The first-order valence-corrected chi connectivity index (χ1v) is 9.16. The quantitative estimate of drug-likeness (QED) is 0.375. The van der Waals surface area contributed by atoms with Crippen molar-refractivity contribution in [1.82, 2.24) is 0 Å². The van der Waals surface area contributed by atoms with E-state index < -0.39 is 5.97 Å². The fraction of sp³-hybridized carbons (Fsp3) is 0.136. The summed E-state index contributed by atoms with van der Waals surface area (Å²) in [5.41, 5.74) is 2.62. The van der Waals surface area contributed by atoms with Gasteiger partial charge in [-0.2, -0.15) is 0 Å². The Morgan fingerprint density at radius 3 is 2.19 bits per heavy atom. The van der Waals surface area contributed by atoms with E-state index >= 15 is 0 Å². The lowest BCUT2D eigenvalue weighted by Crippen LogP contribution is -2.09. The van der Waals surface area contributed by atoms with Gasteiger partial charge < -0.3 is 9.47 Å². The minimum atomic E-state index is -0.408. The molecule has 3 aromatic carbocycles. The van der Waals surface area contributed by atoms with Gasteiger partial charge >= 0.3 is 5.97 Å². The standard InChI is InChI=1S/C22H19BrO3/c1-15(2)25-19-11-8-17(9-12-19)22(24)26-21-13-10-18(14-20(21)23)16-6-4-3-5-7-16/h3-15H,1-2H3. The summed E-state index contributed by atoms with van der Waals surface area (Å²) in [4.78, 5) is 12.4. The molecule has 0 aromatic heterocycles. The molecule has 0 aliphatic heterocycles. The summed E-state index contributed by atoms with van der Waals surface area (Å²) in [5, 5.41) is 0. The third-order valence-corrected chi connectivity index (χ3v) is 4.32. The molecule has 132 valence electrons. The molecule has 0 atom stereocenters. The molecule has 0 saturated carbocycles. The Kier molecular flexibility index (Phi) is 5.74. The van der Waals surface area contributed by atoms with Crippen molar-refractivity contribution in [3.05, 3.63) is 82.8 Å². The number of hydrogen-bond acceptors (Lipinski definition) is 3. The van der Waals surface area contributed by atoms with E-state index in [0.717, 1.165) is 21.3 Å². The van der Waals surface area contributed by atoms with Crippen LogP contribution in [-0.2, 0) is 0 Å². The summed E-state index contributed by atoms with van der Waals surface area (Å²) in [6.07, 6.45) is 0.0897. The Hall–Kier alpha value is -2.59. The van der Waals surface area contributed by atoms with Crippen LogP contribution in [0.5, 0.6) is 11.5 Å². The van der Waals surface area contributed by atoms with Crippen LogP contribution in [0.3, 0.4) is 0 Å². The van der Waals surface area contributed by atoms with Crippen molar-refractivity contribution >= 4 is 21.9 Å². The zero-order chi connectivity index (χ0) is 18.5. The van der Waals surface area contributed by atoms with Crippen LogP contribution in [0.1, 0.15) is 24.2 Å². The average molecular weight is 411 g/mol.